The molecule has 0 saturated carbocycles. The minimum absolute atomic E-state index is 0.0877. The molecule has 0 unspecified atom stereocenters. The molecule has 1 atom stereocenters. The van der Waals surface area contributed by atoms with E-state index in [1.165, 1.54) is 24.5 Å². The van der Waals surface area contributed by atoms with Gasteiger partial charge in [0.1, 0.15) is 5.82 Å². The first-order valence-electron chi connectivity index (χ1n) is 8.07. The predicted molar refractivity (Wildman–Crippen MR) is 90.3 cm³/mol. The number of carbonyl (C=O) groups is 1. The number of benzene rings is 1. The van der Waals surface area contributed by atoms with Gasteiger partial charge >= 0.3 is 0 Å². The summed E-state index contributed by atoms with van der Waals surface area (Å²) in [7, 11) is 0. The molecule has 3 rings (SSSR count). The van der Waals surface area contributed by atoms with Gasteiger partial charge in [0.05, 0.1) is 19.3 Å². The van der Waals surface area contributed by atoms with E-state index in [9.17, 15) is 9.18 Å². The molecule has 2 heterocycles. The fraction of sp³-hybridized carbons (Fsp3) is 0.353. The van der Waals surface area contributed by atoms with E-state index in [1.807, 2.05) is 0 Å². The van der Waals surface area contributed by atoms with Crippen molar-refractivity contribution in [2.24, 2.45) is 0 Å². The van der Waals surface area contributed by atoms with Gasteiger partial charge in [-0.2, -0.15) is 0 Å². The van der Waals surface area contributed by atoms with Gasteiger partial charge in [-0.05, 0) is 17.7 Å². The Kier molecular flexibility index (Phi) is 5.52. The molecule has 1 fully saturated rings. The van der Waals surface area contributed by atoms with Gasteiger partial charge in [0.25, 0.3) is 5.91 Å². The Hall–Kier alpha value is -2.58. The smallest absolute Gasteiger partial charge is 0.273 e. The minimum atomic E-state index is -0.383. The fourth-order valence-electron chi connectivity index (χ4n) is 2.83. The highest BCUT2D eigenvalue weighted by atomic mass is 19.1. The zero-order chi connectivity index (χ0) is 17.6. The number of nitrogens with zero attached hydrogens (tertiary/aromatic N) is 3. The third-order valence-electron chi connectivity index (χ3n) is 4.14. The second kappa shape index (κ2) is 8.00. The van der Waals surface area contributed by atoms with Gasteiger partial charge in [-0.3, -0.25) is 9.69 Å². The molecule has 7 nitrogen and oxygen atoms in total. The molecule has 2 aromatic rings. The number of aromatic nitrogens is 2. The van der Waals surface area contributed by atoms with E-state index >= 15 is 0 Å². The van der Waals surface area contributed by atoms with Crippen molar-refractivity contribution in [3.8, 4) is 0 Å². The molecule has 0 radical (unpaired) electrons. The van der Waals surface area contributed by atoms with E-state index in [2.05, 4.69) is 20.2 Å². The van der Waals surface area contributed by atoms with Crippen LogP contribution in [-0.2, 0) is 4.74 Å². The maximum absolute atomic E-state index is 13.2. The molecule has 0 bridgehead atoms. The first kappa shape index (κ1) is 17.2. The van der Waals surface area contributed by atoms with Crippen molar-refractivity contribution in [2.45, 2.75) is 6.04 Å². The summed E-state index contributed by atoms with van der Waals surface area (Å²) < 4.78 is 18.6. The Balaban J connectivity index is 1.74. The van der Waals surface area contributed by atoms with E-state index < -0.39 is 0 Å². The standard InChI is InChI=1S/C17H20FN5O2/c18-13-3-1-12(2-4-13)14(23-7-9-25-10-8-23)11-22-17(24)15-16(19)21-6-5-20-15/h1-6,14H,7-11H2,(H2,19,21)(H,22,24)/t14-/m0/s1. The number of hydrogen-bond donors (Lipinski definition) is 2. The molecule has 0 aliphatic carbocycles. The molecule has 25 heavy (non-hydrogen) atoms. The topological polar surface area (TPSA) is 93.4 Å². The average Bonchev–Trinajstić information content (AvgIpc) is 2.64. The van der Waals surface area contributed by atoms with E-state index in [4.69, 9.17) is 10.5 Å². The van der Waals surface area contributed by atoms with Crippen molar-refractivity contribution in [1.82, 2.24) is 20.2 Å². The lowest BCUT2D eigenvalue weighted by Gasteiger charge is -2.34. The first-order valence-corrected chi connectivity index (χ1v) is 8.07. The van der Waals surface area contributed by atoms with Crippen LogP contribution >= 0.6 is 0 Å². The minimum Gasteiger partial charge on any atom is -0.382 e. The number of hydrogen-bond acceptors (Lipinski definition) is 6. The number of amides is 1. The highest BCUT2D eigenvalue weighted by Crippen LogP contribution is 2.22. The van der Waals surface area contributed by atoms with Crippen molar-refractivity contribution in [3.05, 3.63) is 53.7 Å². The molecule has 1 aliphatic heterocycles. The zero-order valence-corrected chi connectivity index (χ0v) is 13.7. The fourth-order valence-corrected chi connectivity index (χ4v) is 2.83. The first-order chi connectivity index (χ1) is 12.1. The molecule has 0 spiro atoms. The van der Waals surface area contributed by atoms with Gasteiger partial charge in [0.15, 0.2) is 11.5 Å². The zero-order valence-electron chi connectivity index (χ0n) is 13.7. The Morgan fingerprint density at radius 2 is 1.92 bits per heavy atom. The second-order valence-corrected chi connectivity index (χ2v) is 5.72. The van der Waals surface area contributed by atoms with Crippen molar-refractivity contribution < 1.29 is 13.9 Å². The summed E-state index contributed by atoms with van der Waals surface area (Å²) in [4.78, 5) is 22.4. The van der Waals surface area contributed by atoms with E-state index in [0.29, 0.717) is 19.8 Å². The van der Waals surface area contributed by atoms with Crippen molar-refractivity contribution in [2.75, 3.05) is 38.6 Å². The quantitative estimate of drug-likeness (QED) is 0.840. The second-order valence-electron chi connectivity index (χ2n) is 5.72. The Morgan fingerprint density at radius 3 is 2.60 bits per heavy atom. The van der Waals surface area contributed by atoms with Gasteiger partial charge < -0.3 is 15.8 Å². The van der Waals surface area contributed by atoms with Crippen LogP contribution in [0, 0.1) is 5.82 Å². The molecular formula is C17H20FN5O2. The summed E-state index contributed by atoms with van der Waals surface area (Å²) in [6, 6.07) is 6.22. The van der Waals surface area contributed by atoms with Crippen LogP contribution in [-0.4, -0.2) is 53.6 Å². The maximum Gasteiger partial charge on any atom is 0.273 e. The van der Waals surface area contributed by atoms with Crippen molar-refractivity contribution >= 4 is 11.7 Å². The van der Waals surface area contributed by atoms with Gasteiger partial charge in [0, 0.05) is 32.0 Å². The summed E-state index contributed by atoms with van der Waals surface area (Å²) in [5.41, 5.74) is 6.72. The Labute approximate surface area is 145 Å². The lowest BCUT2D eigenvalue weighted by Crippen LogP contribution is -2.44. The van der Waals surface area contributed by atoms with E-state index in [1.54, 1.807) is 12.1 Å². The largest absolute Gasteiger partial charge is 0.382 e. The molecule has 3 N–H and O–H groups in total. The third kappa shape index (κ3) is 4.28. The molecule has 1 aromatic heterocycles. The molecular weight excluding hydrogens is 325 g/mol. The number of morpholine rings is 1. The Bertz CT molecular complexity index is 719. The van der Waals surface area contributed by atoms with Gasteiger partial charge in [-0.1, -0.05) is 12.1 Å². The van der Waals surface area contributed by atoms with Crippen LogP contribution in [0.5, 0.6) is 0 Å². The highest BCUT2D eigenvalue weighted by molar-refractivity contribution is 5.96. The van der Waals surface area contributed by atoms with Crippen LogP contribution < -0.4 is 11.1 Å². The van der Waals surface area contributed by atoms with Crippen LogP contribution in [0.25, 0.3) is 0 Å². The molecule has 1 amide bonds. The van der Waals surface area contributed by atoms with Crippen LogP contribution in [0.4, 0.5) is 10.2 Å². The maximum atomic E-state index is 13.2. The SMILES string of the molecule is Nc1nccnc1C(=O)NC[C@@H](c1ccc(F)cc1)N1CCOCC1. The third-order valence-corrected chi connectivity index (χ3v) is 4.14. The summed E-state index contributed by atoms with van der Waals surface area (Å²) in [5.74, 6) is -0.587. The molecule has 8 heteroatoms. The molecule has 1 aromatic carbocycles. The molecule has 132 valence electrons. The van der Waals surface area contributed by atoms with E-state index in [-0.39, 0.29) is 29.3 Å². The highest BCUT2D eigenvalue weighted by Gasteiger charge is 2.24. The number of nitrogens with two attached hydrogens (primary N) is 1. The Morgan fingerprint density at radius 1 is 1.24 bits per heavy atom. The number of nitrogens with one attached hydrogen (secondary N) is 1. The number of nitrogen functional groups attached to an aromatic ring is 1. The number of carbonyl (C=O) groups excluding carboxylic acids is 1. The van der Waals surface area contributed by atoms with Crippen LogP contribution in [0.1, 0.15) is 22.1 Å². The van der Waals surface area contributed by atoms with Gasteiger partial charge in [-0.25, -0.2) is 14.4 Å². The summed E-state index contributed by atoms with van der Waals surface area (Å²) in [6.07, 6.45) is 2.85. The lowest BCUT2D eigenvalue weighted by atomic mass is 10.0. The average molecular weight is 345 g/mol. The van der Waals surface area contributed by atoms with Crippen LogP contribution in [0.3, 0.4) is 0 Å². The lowest BCUT2D eigenvalue weighted by molar-refractivity contribution is 0.0162. The number of halogens is 1. The van der Waals surface area contributed by atoms with Crippen LogP contribution in [0.15, 0.2) is 36.7 Å². The number of anilines is 1. The predicted octanol–water partition coefficient (Wildman–Crippen LogP) is 1.00. The normalized spacial score (nSPS) is 16.4. The van der Waals surface area contributed by atoms with Crippen LogP contribution in [0.2, 0.25) is 0 Å². The van der Waals surface area contributed by atoms with Crippen molar-refractivity contribution in [3.63, 3.8) is 0 Å². The summed E-state index contributed by atoms with van der Waals surface area (Å²) >= 11 is 0. The van der Waals surface area contributed by atoms with Gasteiger partial charge in [-0.15, -0.1) is 0 Å². The van der Waals surface area contributed by atoms with Crippen molar-refractivity contribution in [1.29, 1.82) is 0 Å². The van der Waals surface area contributed by atoms with E-state index in [0.717, 1.165) is 18.7 Å². The summed E-state index contributed by atoms with van der Waals surface area (Å²) in [5, 5.41) is 2.85. The number of rotatable bonds is 5. The number of ether oxygens (including phenoxy) is 1. The van der Waals surface area contributed by atoms with Gasteiger partial charge in [0.2, 0.25) is 0 Å². The summed E-state index contributed by atoms with van der Waals surface area (Å²) in [6.45, 7) is 3.09. The molecule has 1 saturated heterocycles. The monoisotopic (exact) mass is 345 g/mol. The molecule has 1 aliphatic rings.